The minimum atomic E-state index is 0.161. The molecule has 0 saturated heterocycles. The van der Waals surface area contributed by atoms with E-state index in [0.717, 1.165) is 17.7 Å². The number of fused-ring (bicyclic) bond motifs is 1. The van der Waals surface area contributed by atoms with Gasteiger partial charge in [0.05, 0.1) is 5.69 Å². The molecule has 2 aromatic carbocycles. The van der Waals surface area contributed by atoms with Gasteiger partial charge in [-0.15, -0.1) is 0 Å². The van der Waals surface area contributed by atoms with Crippen LogP contribution in [0.3, 0.4) is 0 Å². The molecule has 1 aliphatic heterocycles. The highest BCUT2D eigenvalue weighted by Crippen LogP contribution is 2.45. The highest BCUT2D eigenvalue weighted by molar-refractivity contribution is 5.86. The van der Waals surface area contributed by atoms with E-state index < -0.39 is 0 Å². The topological polar surface area (TPSA) is 35.8 Å². The molecule has 2 aromatic rings. The first-order valence-electron chi connectivity index (χ1n) is 9.46. The van der Waals surface area contributed by atoms with E-state index in [1.54, 1.807) is 12.1 Å². The van der Waals surface area contributed by atoms with Gasteiger partial charge in [0.2, 0.25) is 0 Å². The van der Waals surface area contributed by atoms with Gasteiger partial charge in [0.1, 0.15) is 5.75 Å². The second-order valence-corrected chi connectivity index (χ2v) is 8.42. The van der Waals surface area contributed by atoms with Crippen LogP contribution in [0.5, 0.6) is 5.75 Å². The van der Waals surface area contributed by atoms with Gasteiger partial charge in [-0.3, -0.25) is 4.99 Å². The van der Waals surface area contributed by atoms with Gasteiger partial charge in [-0.2, -0.15) is 0 Å². The SMILES string of the molecule is Cc1cc2c(cc1C=Nc1ccc(O)cc1)C(C)CC(C)(C)N2C(C)C. The van der Waals surface area contributed by atoms with E-state index in [1.807, 2.05) is 18.3 Å². The minimum absolute atomic E-state index is 0.161. The number of hydrogen-bond acceptors (Lipinski definition) is 3. The van der Waals surface area contributed by atoms with Crippen molar-refractivity contribution < 1.29 is 5.11 Å². The molecule has 1 heterocycles. The number of hydrogen-bond donors (Lipinski definition) is 1. The molecular formula is C23H30N2O. The van der Waals surface area contributed by atoms with Crippen LogP contribution in [0.15, 0.2) is 41.4 Å². The highest BCUT2D eigenvalue weighted by Gasteiger charge is 2.37. The number of rotatable bonds is 3. The van der Waals surface area contributed by atoms with Gasteiger partial charge in [-0.25, -0.2) is 0 Å². The molecule has 0 fully saturated rings. The zero-order valence-electron chi connectivity index (χ0n) is 16.7. The lowest BCUT2D eigenvalue weighted by Gasteiger charge is -2.50. The summed E-state index contributed by atoms with van der Waals surface area (Å²) in [5.41, 5.74) is 6.18. The second-order valence-electron chi connectivity index (χ2n) is 8.42. The average Bonchev–Trinajstić information content (AvgIpc) is 2.53. The zero-order chi connectivity index (χ0) is 19.1. The first-order chi connectivity index (χ1) is 12.2. The van der Waals surface area contributed by atoms with Gasteiger partial charge in [0, 0.05) is 23.5 Å². The third-order valence-electron chi connectivity index (χ3n) is 5.38. The number of benzene rings is 2. The molecule has 26 heavy (non-hydrogen) atoms. The fourth-order valence-corrected chi connectivity index (χ4v) is 4.41. The van der Waals surface area contributed by atoms with Crippen molar-refractivity contribution in [1.29, 1.82) is 0 Å². The van der Waals surface area contributed by atoms with Gasteiger partial charge in [-0.05, 0) is 100 Å². The molecule has 0 spiro atoms. The fraction of sp³-hybridized carbons (Fsp3) is 0.435. The molecule has 0 aromatic heterocycles. The maximum Gasteiger partial charge on any atom is 0.115 e. The summed E-state index contributed by atoms with van der Waals surface area (Å²) in [4.78, 5) is 7.15. The molecule has 138 valence electrons. The van der Waals surface area contributed by atoms with Gasteiger partial charge in [-0.1, -0.05) is 6.92 Å². The Morgan fingerprint density at radius 3 is 2.46 bits per heavy atom. The van der Waals surface area contributed by atoms with Crippen molar-refractivity contribution in [1.82, 2.24) is 0 Å². The van der Waals surface area contributed by atoms with Crippen LogP contribution in [-0.2, 0) is 0 Å². The summed E-state index contributed by atoms with van der Waals surface area (Å²) < 4.78 is 0. The summed E-state index contributed by atoms with van der Waals surface area (Å²) in [5, 5.41) is 9.40. The Balaban J connectivity index is 2.01. The number of aryl methyl sites for hydroxylation is 1. The monoisotopic (exact) mass is 350 g/mol. The van der Waals surface area contributed by atoms with E-state index in [4.69, 9.17) is 0 Å². The van der Waals surface area contributed by atoms with Gasteiger partial charge >= 0.3 is 0 Å². The van der Waals surface area contributed by atoms with E-state index in [-0.39, 0.29) is 11.3 Å². The van der Waals surface area contributed by atoms with Crippen molar-refractivity contribution in [2.24, 2.45) is 4.99 Å². The van der Waals surface area contributed by atoms with Crippen LogP contribution in [0, 0.1) is 6.92 Å². The second kappa shape index (κ2) is 6.79. The van der Waals surface area contributed by atoms with Crippen LogP contribution in [0.2, 0.25) is 0 Å². The molecule has 0 radical (unpaired) electrons. The molecule has 0 amide bonds. The molecular weight excluding hydrogens is 320 g/mol. The van der Waals surface area contributed by atoms with Gasteiger partial charge < -0.3 is 10.0 Å². The molecule has 1 atom stereocenters. The molecule has 1 aliphatic rings. The van der Waals surface area contributed by atoms with Crippen LogP contribution >= 0.6 is 0 Å². The summed E-state index contributed by atoms with van der Waals surface area (Å²) >= 11 is 0. The van der Waals surface area contributed by atoms with E-state index in [0.29, 0.717) is 12.0 Å². The van der Waals surface area contributed by atoms with Crippen LogP contribution in [-0.4, -0.2) is 22.9 Å². The molecule has 1 N–H and O–H groups in total. The van der Waals surface area contributed by atoms with E-state index in [1.165, 1.54) is 16.8 Å². The third-order valence-corrected chi connectivity index (χ3v) is 5.38. The lowest BCUT2D eigenvalue weighted by Crippen LogP contribution is -2.51. The van der Waals surface area contributed by atoms with Gasteiger partial charge in [0.15, 0.2) is 0 Å². The molecule has 3 nitrogen and oxygen atoms in total. The Morgan fingerprint density at radius 2 is 1.85 bits per heavy atom. The van der Waals surface area contributed by atoms with Crippen LogP contribution in [0.25, 0.3) is 0 Å². The Bertz CT molecular complexity index is 819. The number of phenolic OH excluding ortho intramolecular Hbond substituents is 1. The Hall–Kier alpha value is -2.29. The summed E-state index contributed by atoms with van der Waals surface area (Å²) in [6, 6.07) is 12.1. The predicted molar refractivity (Wildman–Crippen MR) is 111 cm³/mol. The Morgan fingerprint density at radius 1 is 1.19 bits per heavy atom. The lowest BCUT2D eigenvalue weighted by molar-refractivity contribution is 0.356. The van der Waals surface area contributed by atoms with E-state index in [2.05, 4.69) is 63.6 Å². The lowest BCUT2D eigenvalue weighted by atomic mass is 9.78. The quantitative estimate of drug-likeness (QED) is 0.694. The summed E-state index contributed by atoms with van der Waals surface area (Å²) in [6.07, 6.45) is 3.09. The third kappa shape index (κ3) is 3.48. The number of phenols is 1. The zero-order valence-corrected chi connectivity index (χ0v) is 16.7. The maximum atomic E-state index is 9.40. The molecule has 0 saturated carbocycles. The molecule has 1 unspecified atom stereocenters. The van der Waals surface area contributed by atoms with Crippen LogP contribution in [0.4, 0.5) is 11.4 Å². The number of aliphatic imine (C=N–C) groups is 1. The number of anilines is 1. The molecule has 3 heteroatoms. The molecule has 3 rings (SSSR count). The first kappa shape index (κ1) is 18.5. The van der Waals surface area contributed by atoms with Crippen molar-refractivity contribution in [2.45, 2.75) is 65.5 Å². The average molecular weight is 351 g/mol. The number of aromatic hydroxyl groups is 1. The van der Waals surface area contributed by atoms with Crippen molar-refractivity contribution >= 4 is 17.6 Å². The van der Waals surface area contributed by atoms with Crippen molar-refractivity contribution in [3.63, 3.8) is 0 Å². The van der Waals surface area contributed by atoms with Crippen LogP contribution < -0.4 is 4.90 Å². The largest absolute Gasteiger partial charge is 0.508 e. The Labute approximate surface area is 157 Å². The summed E-state index contributed by atoms with van der Waals surface area (Å²) in [5.74, 6) is 0.788. The normalized spacial score (nSPS) is 19.2. The Kier molecular flexibility index (Phi) is 4.83. The smallest absolute Gasteiger partial charge is 0.115 e. The summed E-state index contributed by atoms with van der Waals surface area (Å²) in [6.45, 7) is 13.7. The minimum Gasteiger partial charge on any atom is -0.508 e. The van der Waals surface area contributed by atoms with Crippen LogP contribution in [0.1, 0.15) is 63.6 Å². The standard InChI is InChI=1S/C23H30N2O/c1-15(2)25-22-11-16(3)18(12-21(22)17(4)13-23(25,5)6)14-24-19-7-9-20(26)10-8-19/h7-12,14-15,17,26H,13H2,1-6H3. The van der Waals surface area contributed by atoms with Gasteiger partial charge in [0.25, 0.3) is 0 Å². The first-order valence-corrected chi connectivity index (χ1v) is 9.46. The van der Waals surface area contributed by atoms with Crippen molar-refractivity contribution in [3.05, 3.63) is 53.1 Å². The number of nitrogens with zero attached hydrogens (tertiary/aromatic N) is 2. The van der Waals surface area contributed by atoms with Crippen molar-refractivity contribution in [3.8, 4) is 5.75 Å². The maximum absolute atomic E-state index is 9.40. The fourth-order valence-electron chi connectivity index (χ4n) is 4.41. The highest BCUT2D eigenvalue weighted by atomic mass is 16.3. The molecule has 0 aliphatic carbocycles. The molecule has 0 bridgehead atoms. The summed E-state index contributed by atoms with van der Waals surface area (Å²) in [7, 11) is 0. The van der Waals surface area contributed by atoms with E-state index in [9.17, 15) is 5.11 Å². The van der Waals surface area contributed by atoms with Crippen molar-refractivity contribution in [2.75, 3.05) is 4.90 Å². The predicted octanol–water partition coefficient (Wildman–Crippen LogP) is 5.95. The van der Waals surface area contributed by atoms with E-state index >= 15 is 0 Å².